The Hall–Kier alpha value is -0.843. The molecule has 0 amide bonds. The number of rotatable bonds is 6. The Kier molecular flexibility index (Phi) is 4.98. The minimum atomic E-state index is -2.44. The van der Waals surface area contributed by atoms with Gasteiger partial charge in [-0.3, -0.25) is 0 Å². The molecule has 1 unspecified atom stereocenters. The number of phenolic OH excluding ortho intramolecular Hbond substituents is 1. The summed E-state index contributed by atoms with van der Waals surface area (Å²) in [6.07, 6.45) is 0.981. The van der Waals surface area contributed by atoms with E-state index in [1.54, 1.807) is 13.2 Å². The van der Waals surface area contributed by atoms with E-state index in [0.29, 0.717) is 6.61 Å². The van der Waals surface area contributed by atoms with Crippen molar-refractivity contribution in [2.75, 3.05) is 13.7 Å². The summed E-state index contributed by atoms with van der Waals surface area (Å²) in [5.74, 6) is 0.276. The maximum atomic E-state index is 9.91. The van der Waals surface area contributed by atoms with E-state index in [0.717, 1.165) is 17.7 Å². The van der Waals surface area contributed by atoms with Crippen LogP contribution in [0.25, 0.3) is 0 Å². The van der Waals surface area contributed by atoms with Crippen molar-refractivity contribution in [1.82, 2.24) is 0 Å². The first-order chi connectivity index (χ1) is 7.70. The Balaban J connectivity index is 3.13. The van der Waals surface area contributed by atoms with Gasteiger partial charge in [0.05, 0.1) is 0 Å². The number of para-hydroxylation sites is 1. The molecule has 0 aliphatic rings. The van der Waals surface area contributed by atoms with Gasteiger partial charge in [0, 0.05) is 18.9 Å². The standard InChI is InChI=1S/C12H20O3Si/c1-4-10-16(14-3,15-5-2)12-9-7-6-8-11(12)13/h6-9,13H,4-5,10H2,1-3H3. The molecule has 0 spiro atoms. The second-order valence-electron chi connectivity index (χ2n) is 3.66. The number of phenols is 1. The monoisotopic (exact) mass is 240 g/mol. The predicted molar refractivity (Wildman–Crippen MR) is 67.2 cm³/mol. The maximum absolute atomic E-state index is 9.91. The zero-order valence-electron chi connectivity index (χ0n) is 10.2. The lowest BCUT2D eigenvalue weighted by Gasteiger charge is -2.29. The third kappa shape index (κ3) is 2.64. The van der Waals surface area contributed by atoms with Crippen LogP contribution < -0.4 is 5.19 Å². The van der Waals surface area contributed by atoms with Gasteiger partial charge in [-0.25, -0.2) is 0 Å². The summed E-state index contributed by atoms with van der Waals surface area (Å²) in [5, 5.41) is 10.7. The molecule has 0 radical (unpaired) electrons. The molecule has 1 aromatic rings. The lowest BCUT2D eigenvalue weighted by atomic mass is 10.3. The van der Waals surface area contributed by atoms with Crippen LogP contribution in [-0.4, -0.2) is 27.4 Å². The van der Waals surface area contributed by atoms with Crippen molar-refractivity contribution in [3.05, 3.63) is 24.3 Å². The lowest BCUT2D eigenvalue weighted by molar-refractivity contribution is 0.221. The first kappa shape index (κ1) is 13.2. The fraction of sp³-hybridized carbons (Fsp3) is 0.500. The first-order valence-corrected chi connectivity index (χ1v) is 7.70. The molecule has 4 heteroatoms. The second kappa shape index (κ2) is 6.03. The van der Waals surface area contributed by atoms with Gasteiger partial charge < -0.3 is 14.0 Å². The molecule has 90 valence electrons. The molecule has 0 saturated heterocycles. The van der Waals surface area contributed by atoms with E-state index in [1.165, 1.54) is 0 Å². The van der Waals surface area contributed by atoms with Crippen molar-refractivity contribution in [3.63, 3.8) is 0 Å². The number of hydrogen-bond donors (Lipinski definition) is 1. The van der Waals surface area contributed by atoms with E-state index in [1.807, 2.05) is 25.1 Å². The summed E-state index contributed by atoms with van der Waals surface area (Å²) in [4.78, 5) is 0. The first-order valence-electron chi connectivity index (χ1n) is 5.67. The van der Waals surface area contributed by atoms with Gasteiger partial charge in [-0.05, 0) is 19.0 Å². The van der Waals surface area contributed by atoms with Gasteiger partial charge in [-0.2, -0.15) is 0 Å². The number of benzene rings is 1. The smallest absolute Gasteiger partial charge is 0.376 e. The third-order valence-corrected chi connectivity index (χ3v) is 6.42. The molecular weight excluding hydrogens is 220 g/mol. The Morgan fingerprint density at radius 3 is 2.44 bits per heavy atom. The largest absolute Gasteiger partial charge is 0.508 e. The molecule has 16 heavy (non-hydrogen) atoms. The van der Waals surface area contributed by atoms with Crippen LogP contribution in [0.3, 0.4) is 0 Å². The highest BCUT2D eigenvalue weighted by molar-refractivity contribution is 6.81. The maximum Gasteiger partial charge on any atom is 0.376 e. The van der Waals surface area contributed by atoms with Crippen LogP contribution >= 0.6 is 0 Å². The zero-order chi connectivity index (χ0) is 12.0. The SMILES string of the molecule is CCC[Si](OC)(OCC)c1ccccc1O. The van der Waals surface area contributed by atoms with Crippen molar-refractivity contribution in [2.24, 2.45) is 0 Å². The highest BCUT2D eigenvalue weighted by atomic mass is 28.4. The summed E-state index contributed by atoms with van der Waals surface area (Å²) in [5.41, 5.74) is 0. The molecule has 0 bridgehead atoms. The summed E-state index contributed by atoms with van der Waals surface area (Å²) in [7, 11) is -0.770. The molecule has 0 fully saturated rings. The van der Waals surface area contributed by atoms with Gasteiger partial charge in [0.1, 0.15) is 5.75 Å². The molecule has 1 N–H and O–H groups in total. The van der Waals surface area contributed by atoms with Gasteiger partial charge in [-0.1, -0.05) is 31.5 Å². The van der Waals surface area contributed by atoms with Crippen LogP contribution in [0.2, 0.25) is 6.04 Å². The van der Waals surface area contributed by atoms with Crippen molar-refractivity contribution >= 4 is 13.7 Å². The molecule has 0 aliphatic heterocycles. The van der Waals surface area contributed by atoms with Gasteiger partial charge in [0.15, 0.2) is 0 Å². The van der Waals surface area contributed by atoms with E-state index in [2.05, 4.69) is 6.92 Å². The minimum absolute atomic E-state index is 0.276. The topological polar surface area (TPSA) is 38.7 Å². The Morgan fingerprint density at radius 2 is 1.94 bits per heavy atom. The highest BCUT2D eigenvalue weighted by Gasteiger charge is 2.39. The molecule has 1 aromatic carbocycles. The minimum Gasteiger partial charge on any atom is -0.508 e. The quantitative estimate of drug-likeness (QED) is 0.774. The fourth-order valence-corrected chi connectivity index (χ4v) is 4.97. The lowest BCUT2D eigenvalue weighted by Crippen LogP contribution is -2.53. The van der Waals surface area contributed by atoms with Gasteiger partial charge in [-0.15, -0.1) is 0 Å². The Labute approximate surface area is 98.3 Å². The average molecular weight is 240 g/mol. The van der Waals surface area contributed by atoms with E-state index >= 15 is 0 Å². The van der Waals surface area contributed by atoms with E-state index in [4.69, 9.17) is 8.85 Å². The predicted octanol–water partition coefficient (Wildman–Crippen LogP) is 2.13. The van der Waals surface area contributed by atoms with Crippen LogP contribution in [0.1, 0.15) is 20.3 Å². The van der Waals surface area contributed by atoms with Crippen molar-refractivity contribution in [2.45, 2.75) is 26.3 Å². The van der Waals surface area contributed by atoms with Crippen molar-refractivity contribution < 1.29 is 14.0 Å². The molecule has 0 saturated carbocycles. The molecule has 1 atom stereocenters. The van der Waals surface area contributed by atoms with Crippen LogP contribution in [0.5, 0.6) is 5.75 Å². The molecular formula is C12H20O3Si. The van der Waals surface area contributed by atoms with Crippen LogP contribution in [0.15, 0.2) is 24.3 Å². The van der Waals surface area contributed by atoms with Crippen LogP contribution in [0.4, 0.5) is 0 Å². The molecule has 0 aromatic heterocycles. The molecule has 0 aliphatic carbocycles. The molecule has 0 heterocycles. The van der Waals surface area contributed by atoms with E-state index in [9.17, 15) is 5.11 Å². The normalized spacial score (nSPS) is 14.7. The van der Waals surface area contributed by atoms with Gasteiger partial charge in [0.2, 0.25) is 0 Å². The summed E-state index contributed by atoms with van der Waals surface area (Å²) in [6, 6.07) is 8.16. The van der Waals surface area contributed by atoms with Crippen LogP contribution in [0, 0.1) is 0 Å². The van der Waals surface area contributed by atoms with Gasteiger partial charge in [0.25, 0.3) is 0 Å². The number of hydrogen-bond acceptors (Lipinski definition) is 3. The van der Waals surface area contributed by atoms with E-state index < -0.39 is 8.56 Å². The average Bonchev–Trinajstić information content (AvgIpc) is 2.29. The highest BCUT2D eigenvalue weighted by Crippen LogP contribution is 2.20. The Bertz CT molecular complexity index is 322. The summed E-state index contributed by atoms with van der Waals surface area (Å²) < 4.78 is 11.5. The van der Waals surface area contributed by atoms with Gasteiger partial charge >= 0.3 is 8.56 Å². The number of aromatic hydroxyl groups is 1. The molecule has 1 rings (SSSR count). The third-order valence-electron chi connectivity index (χ3n) is 2.60. The fourth-order valence-electron chi connectivity index (χ4n) is 1.91. The van der Waals surface area contributed by atoms with E-state index in [-0.39, 0.29) is 5.75 Å². The summed E-state index contributed by atoms with van der Waals surface area (Å²) in [6.45, 7) is 4.66. The zero-order valence-corrected chi connectivity index (χ0v) is 11.2. The molecule has 3 nitrogen and oxygen atoms in total. The Morgan fingerprint density at radius 1 is 1.25 bits per heavy atom. The second-order valence-corrected chi connectivity index (χ2v) is 6.90. The van der Waals surface area contributed by atoms with Crippen LogP contribution in [-0.2, 0) is 8.85 Å². The van der Waals surface area contributed by atoms with Crippen molar-refractivity contribution in [3.8, 4) is 5.75 Å². The van der Waals surface area contributed by atoms with Crippen molar-refractivity contribution in [1.29, 1.82) is 0 Å². The summed E-state index contributed by atoms with van der Waals surface area (Å²) >= 11 is 0.